The molecule has 0 saturated carbocycles. The van der Waals surface area contributed by atoms with Gasteiger partial charge in [-0.2, -0.15) is 5.10 Å². The summed E-state index contributed by atoms with van der Waals surface area (Å²) in [6, 6.07) is 14.0. The first-order chi connectivity index (χ1) is 14.2. The molecule has 1 aliphatic rings. The third kappa shape index (κ3) is 4.54. The van der Waals surface area contributed by atoms with E-state index in [1.807, 2.05) is 46.1 Å². The highest BCUT2D eigenvalue weighted by molar-refractivity contribution is 5.99. The van der Waals surface area contributed by atoms with Crippen LogP contribution in [0.2, 0.25) is 0 Å². The molecule has 150 valence electrons. The molecular weight excluding hydrogens is 362 g/mol. The lowest BCUT2D eigenvalue weighted by atomic mass is 10.1. The van der Waals surface area contributed by atoms with Gasteiger partial charge in [-0.15, -0.1) is 0 Å². The fraction of sp³-hybridized carbons (Fsp3) is 0.348. The third-order valence-corrected chi connectivity index (χ3v) is 5.31. The van der Waals surface area contributed by atoms with Crippen molar-refractivity contribution >= 4 is 5.91 Å². The smallest absolute Gasteiger partial charge is 0.257 e. The summed E-state index contributed by atoms with van der Waals surface area (Å²) in [5.74, 6) is 0.0549. The van der Waals surface area contributed by atoms with Crippen LogP contribution in [0.3, 0.4) is 0 Å². The van der Waals surface area contributed by atoms with E-state index in [0.717, 1.165) is 50.3 Å². The SMILES string of the molecule is CCCN1CCN(C(=O)c2cn(Cc3ccccc3)nc2-c2cccnc2)CC1. The molecule has 0 unspecified atom stereocenters. The van der Waals surface area contributed by atoms with Gasteiger partial charge >= 0.3 is 0 Å². The van der Waals surface area contributed by atoms with Gasteiger partial charge < -0.3 is 4.90 Å². The number of rotatable bonds is 6. The fourth-order valence-corrected chi connectivity index (χ4v) is 3.81. The van der Waals surface area contributed by atoms with E-state index in [-0.39, 0.29) is 5.91 Å². The number of nitrogens with zero attached hydrogens (tertiary/aromatic N) is 5. The Balaban J connectivity index is 1.60. The van der Waals surface area contributed by atoms with Crippen molar-refractivity contribution in [3.05, 3.63) is 72.2 Å². The summed E-state index contributed by atoms with van der Waals surface area (Å²) in [5.41, 5.74) is 3.38. The number of pyridine rings is 1. The second-order valence-electron chi connectivity index (χ2n) is 7.45. The average molecular weight is 390 g/mol. The van der Waals surface area contributed by atoms with Crippen LogP contribution in [0.4, 0.5) is 0 Å². The molecule has 1 saturated heterocycles. The summed E-state index contributed by atoms with van der Waals surface area (Å²) >= 11 is 0. The Hall–Kier alpha value is -2.99. The molecule has 4 rings (SSSR count). The normalized spacial score (nSPS) is 14.9. The van der Waals surface area contributed by atoms with Gasteiger partial charge in [0, 0.05) is 50.3 Å². The third-order valence-electron chi connectivity index (χ3n) is 5.31. The van der Waals surface area contributed by atoms with Gasteiger partial charge in [0.15, 0.2) is 0 Å². The number of piperazine rings is 1. The van der Waals surface area contributed by atoms with Crippen LogP contribution in [-0.4, -0.2) is 63.2 Å². The van der Waals surface area contributed by atoms with Crippen LogP contribution >= 0.6 is 0 Å². The number of hydrogen-bond donors (Lipinski definition) is 0. The lowest BCUT2D eigenvalue weighted by Crippen LogP contribution is -2.48. The molecule has 2 aromatic heterocycles. The van der Waals surface area contributed by atoms with Gasteiger partial charge in [-0.3, -0.25) is 19.4 Å². The molecule has 6 nitrogen and oxygen atoms in total. The number of aromatic nitrogens is 3. The van der Waals surface area contributed by atoms with Crippen LogP contribution in [0.1, 0.15) is 29.3 Å². The number of amides is 1. The van der Waals surface area contributed by atoms with Crippen molar-refractivity contribution in [3.63, 3.8) is 0 Å². The van der Waals surface area contributed by atoms with Crippen LogP contribution in [-0.2, 0) is 6.54 Å². The minimum Gasteiger partial charge on any atom is -0.336 e. The Morgan fingerprint density at radius 1 is 1.03 bits per heavy atom. The van der Waals surface area contributed by atoms with Crippen LogP contribution in [0.15, 0.2) is 61.1 Å². The highest BCUT2D eigenvalue weighted by Crippen LogP contribution is 2.23. The van der Waals surface area contributed by atoms with Crippen LogP contribution in [0.25, 0.3) is 11.3 Å². The van der Waals surface area contributed by atoms with Crippen LogP contribution in [0, 0.1) is 0 Å². The number of benzene rings is 1. The molecule has 29 heavy (non-hydrogen) atoms. The van der Waals surface area contributed by atoms with E-state index >= 15 is 0 Å². The van der Waals surface area contributed by atoms with Gasteiger partial charge in [0.1, 0.15) is 5.69 Å². The summed E-state index contributed by atoms with van der Waals surface area (Å²) in [6.45, 7) is 7.30. The highest BCUT2D eigenvalue weighted by Gasteiger charge is 2.26. The summed E-state index contributed by atoms with van der Waals surface area (Å²) in [5, 5.41) is 4.75. The molecule has 1 aromatic carbocycles. The lowest BCUT2D eigenvalue weighted by molar-refractivity contribution is 0.0638. The maximum atomic E-state index is 13.4. The van der Waals surface area contributed by atoms with Crippen LogP contribution in [0.5, 0.6) is 0 Å². The average Bonchev–Trinajstić information content (AvgIpc) is 3.19. The molecule has 0 bridgehead atoms. The van der Waals surface area contributed by atoms with Gasteiger partial charge in [-0.1, -0.05) is 37.3 Å². The zero-order chi connectivity index (χ0) is 20.1. The molecular formula is C23H27N5O. The second-order valence-corrected chi connectivity index (χ2v) is 7.45. The van der Waals surface area contributed by atoms with Gasteiger partial charge in [0.2, 0.25) is 0 Å². The van der Waals surface area contributed by atoms with Crippen molar-refractivity contribution < 1.29 is 4.79 Å². The van der Waals surface area contributed by atoms with Gasteiger partial charge in [0.25, 0.3) is 5.91 Å². The van der Waals surface area contributed by atoms with E-state index in [1.165, 1.54) is 0 Å². The predicted octanol–water partition coefficient (Wildman–Crippen LogP) is 3.16. The Labute approximate surface area is 171 Å². The van der Waals surface area contributed by atoms with E-state index < -0.39 is 0 Å². The Morgan fingerprint density at radius 3 is 2.52 bits per heavy atom. The molecule has 6 heteroatoms. The molecule has 0 N–H and O–H groups in total. The van der Waals surface area contributed by atoms with Crippen molar-refractivity contribution in [1.82, 2.24) is 24.6 Å². The van der Waals surface area contributed by atoms with E-state index in [2.05, 4.69) is 28.9 Å². The molecule has 3 aromatic rings. The number of carbonyl (C=O) groups is 1. The van der Waals surface area contributed by atoms with Crippen molar-refractivity contribution in [3.8, 4) is 11.3 Å². The molecule has 1 amide bonds. The van der Waals surface area contributed by atoms with Crippen molar-refractivity contribution in [2.75, 3.05) is 32.7 Å². The summed E-state index contributed by atoms with van der Waals surface area (Å²) < 4.78 is 1.86. The molecule has 3 heterocycles. The van der Waals surface area contributed by atoms with Gasteiger partial charge in [-0.05, 0) is 30.7 Å². The predicted molar refractivity (Wildman–Crippen MR) is 114 cm³/mol. The summed E-state index contributed by atoms with van der Waals surface area (Å²) in [6.07, 6.45) is 6.53. The topological polar surface area (TPSA) is 54.3 Å². The van der Waals surface area contributed by atoms with Gasteiger partial charge in [-0.25, -0.2) is 0 Å². The molecule has 0 spiro atoms. The largest absolute Gasteiger partial charge is 0.336 e. The molecule has 0 atom stereocenters. The first-order valence-corrected chi connectivity index (χ1v) is 10.3. The minimum atomic E-state index is 0.0549. The standard InChI is InChI=1S/C23H27N5O/c1-2-11-26-12-14-27(15-13-26)23(29)21-18-28(17-19-7-4-3-5-8-19)25-22(21)20-9-6-10-24-16-20/h3-10,16,18H,2,11-15,17H2,1H3. The second kappa shape index (κ2) is 9.01. The zero-order valence-electron chi connectivity index (χ0n) is 16.9. The lowest BCUT2D eigenvalue weighted by Gasteiger charge is -2.34. The Bertz CT molecular complexity index is 930. The minimum absolute atomic E-state index is 0.0549. The maximum Gasteiger partial charge on any atom is 0.257 e. The van der Waals surface area contributed by atoms with E-state index in [0.29, 0.717) is 17.8 Å². The van der Waals surface area contributed by atoms with Crippen molar-refractivity contribution in [2.24, 2.45) is 0 Å². The highest BCUT2D eigenvalue weighted by atomic mass is 16.2. The molecule has 0 radical (unpaired) electrons. The van der Waals surface area contributed by atoms with Crippen molar-refractivity contribution in [2.45, 2.75) is 19.9 Å². The Kier molecular flexibility index (Phi) is 6.00. The zero-order valence-corrected chi connectivity index (χ0v) is 16.9. The Morgan fingerprint density at radius 2 is 1.83 bits per heavy atom. The number of carbonyl (C=O) groups excluding carboxylic acids is 1. The quantitative estimate of drug-likeness (QED) is 0.650. The number of hydrogen-bond acceptors (Lipinski definition) is 4. The van der Waals surface area contributed by atoms with E-state index in [9.17, 15) is 4.79 Å². The maximum absolute atomic E-state index is 13.4. The first kappa shape index (κ1) is 19.3. The summed E-state index contributed by atoms with van der Waals surface area (Å²) in [4.78, 5) is 22.0. The van der Waals surface area contributed by atoms with Crippen molar-refractivity contribution in [1.29, 1.82) is 0 Å². The van der Waals surface area contributed by atoms with E-state index in [4.69, 9.17) is 5.10 Å². The summed E-state index contributed by atoms with van der Waals surface area (Å²) in [7, 11) is 0. The molecule has 1 aliphatic heterocycles. The molecule has 1 fully saturated rings. The molecule has 0 aliphatic carbocycles. The first-order valence-electron chi connectivity index (χ1n) is 10.3. The monoisotopic (exact) mass is 389 g/mol. The fourth-order valence-electron chi connectivity index (χ4n) is 3.81. The van der Waals surface area contributed by atoms with E-state index in [1.54, 1.807) is 12.4 Å². The van der Waals surface area contributed by atoms with Gasteiger partial charge in [0.05, 0.1) is 12.1 Å². The van der Waals surface area contributed by atoms with Crippen LogP contribution < -0.4 is 0 Å².